The lowest BCUT2D eigenvalue weighted by Crippen LogP contribution is -2.09. The predicted molar refractivity (Wildman–Crippen MR) is 65.1 cm³/mol. The van der Waals surface area contributed by atoms with Crippen molar-refractivity contribution in [3.8, 4) is 0 Å². The molecule has 0 aromatic carbocycles. The Kier molecular flexibility index (Phi) is 9.10. The van der Waals surface area contributed by atoms with Gasteiger partial charge in [-0.05, 0) is 19.4 Å². The Morgan fingerprint density at radius 1 is 1.07 bits per heavy atom. The summed E-state index contributed by atoms with van der Waals surface area (Å²) in [6.45, 7) is 2.59. The van der Waals surface area contributed by atoms with Crippen molar-refractivity contribution >= 4 is 9.84 Å². The van der Waals surface area contributed by atoms with Crippen LogP contribution in [0, 0.1) is 5.75 Å². The third-order valence-corrected chi connectivity index (χ3v) is 3.92. The second-order valence-electron chi connectivity index (χ2n) is 3.88. The summed E-state index contributed by atoms with van der Waals surface area (Å²) in [6, 6.07) is 0. The Morgan fingerprint density at radius 3 is 2.27 bits per heavy atom. The molecule has 0 heterocycles. The lowest BCUT2D eigenvalue weighted by molar-refractivity contribution is 0.586. The van der Waals surface area contributed by atoms with Crippen LogP contribution >= 0.6 is 0 Å². The third-order valence-electron chi connectivity index (χ3n) is 2.32. The lowest BCUT2D eigenvalue weighted by Gasteiger charge is -2.02. The Morgan fingerprint density at radius 2 is 1.67 bits per heavy atom. The highest BCUT2D eigenvalue weighted by Gasteiger charge is 2.09. The van der Waals surface area contributed by atoms with E-state index in [2.05, 4.69) is 6.92 Å². The van der Waals surface area contributed by atoms with Gasteiger partial charge in [-0.2, -0.15) is 0 Å². The van der Waals surface area contributed by atoms with Crippen molar-refractivity contribution < 1.29 is 8.42 Å². The highest BCUT2D eigenvalue weighted by Crippen LogP contribution is 2.08. The molecule has 2 N–H and O–H groups in total. The summed E-state index contributed by atoms with van der Waals surface area (Å²) in [7, 11) is -2.94. The summed E-state index contributed by atoms with van der Waals surface area (Å²) < 4.78 is 22.7. The molecule has 0 unspecified atom stereocenters. The van der Waals surface area contributed by atoms with Crippen LogP contribution in [0.15, 0.2) is 0 Å². The average molecular weight is 234 g/mol. The molecular formula is C11H24NO2S. The molecule has 4 heteroatoms. The van der Waals surface area contributed by atoms with E-state index in [0.29, 0.717) is 18.7 Å². The van der Waals surface area contributed by atoms with E-state index in [1.165, 1.54) is 25.0 Å². The van der Waals surface area contributed by atoms with E-state index in [0.717, 1.165) is 19.3 Å². The van der Waals surface area contributed by atoms with E-state index in [1.807, 2.05) is 0 Å². The first-order chi connectivity index (χ1) is 7.12. The second kappa shape index (κ2) is 9.16. The second-order valence-corrected chi connectivity index (χ2v) is 5.95. The van der Waals surface area contributed by atoms with E-state index in [4.69, 9.17) is 5.73 Å². The molecule has 0 aliphatic heterocycles. The quantitative estimate of drug-likeness (QED) is 0.590. The van der Waals surface area contributed by atoms with E-state index in [-0.39, 0.29) is 0 Å². The molecule has 91 valence electrons. The van der Waals surface area contributed by atoms with Crippen LogP contribution in [0.4, 0.5) is 0 Å². The van der Waals surface area contributed by atoms with E-state index in [9.17, 15) is 8.42 Å². The van der Waals surface area contributed by atoms with Gasteiger partial charge in [0.25, 0.3) is 0 Å². The van der Waals surface area contributed by atoms with Gasteiger partial charge in [0.1, 0.15) is 0 Å². The van der Waals surface area contributed by atoms with Crippen LogP contribution in [0.2, 0.25) is 0 Å². The third kappa shape index (κ3) is 10.2. The number of nitrogens with two attached hydrogens (primary N) is 1. The van der Waals surface area contributed by atoms with Crippen molar-refractivity contribution in [2.75, 3.05) is 12.3 Å². The Bertz CT molecular complexity index is 225. The Balaban J connectivity index is 3.41. The van der Waals surface area contributed by atoms with Crippen LogP contribution in [-0.2, 0) is 9.84 Å². The maximum atomic E-state index is 11.4. The molecule has 3 nitrogen and oxygen atoms in total. The molecule has 1 radical (unpaired) electrons. The summed E-state index contributed by atoms with van der Waals surface area (Å²) in [5.74, 6) is 1.65. The van der Waals surface area contributed by atoms with Gasteiger partial charge in [-0.1, -0.05) is 39.0 Å². The summed E-state index contributed by atoms with van der Waals surface area (Å²) in [5, 5.41) is 0. The van der Waals surface area contributed by atoms with Gasteiger partial charge in [-0.3, -0.25) is 0 Å². The number of rotatable bonds is 10. The molecule has 0 aliphatic carbocycles. The fourth-order valence-corrected chi connectivity index (χ4v) is 2.68. The summed E-state index contributed by atoms with van der Waals surface area (Å²) in [6.07, 6.45) is 7.14. The van der Waals surface area contributed by atoms with Crippen molar-refractivity contribution in [3.63, 3.8) is 0 Å². The molecule has 0 aromatic rings. The molecule has 0 atom stereocenters. The summed E-state index contributed by atoms with van der Waals surface area (Å²) >= 11 is 0. The Labute approximate surface area is 94.4 Å². The molecule has 0 rings (SSSR count). The van der Waals surface area contributed by atoms with E-state index >= 15 is 0 Å². The molecule has 0 amide bonds. The zero-order valence-corrected chi connectivity index (χ0v) is 10.6. The first kappa shape index (κ1) is 14.9. The van der Waals surface area contributed by atoms with Crippen LogP contribution in [0.1, 0.15) is 51.9 Å². The van der Waals surface area contributed by atoms with Gasteiger partial charge >= 0.3 is 0 Å². The zero-order chi connectivity index (χ0) is 11.6. The molecule has 0 bridgehead atoms. The first-order valence-corrected chi connectivity index (χ1v) is 7.60. The standard InChI is InChI=1S/C11H24NO2S/c1-2-3-4-5-6-7-10-15(13,14)11-8-9-12/h11H,2-10,12H2,1H3. The van der Waals surface area contributed by atoms with Crippen molar-refractivity contribution in [1.29, 1.82) is 0 Å². The summed E-state index contributed by atoms with van der Waals surface area (Å²) in [5.41, 5.74) is 5.25. The maximum absolute atomic E-state index is 11.4. The smallest absolute Gasteiger partial charge is 0.154 e. The molecular weight excluding hydrogens is 210 g/mol. The molecule has 15 heavy (non-hydrogen) atoms. The van der Waals surface area contributed by atoms with Gasteiger partial charge in [-0.15, -0.1) is 0 Å². The van der Waals surface area contributed by atoms with Crippen LogP contribution in [0.3, 0.4) is 0 Å². The molecule has 0 saturated heterocycles. The molecule has 0 aliphatic rings. The Hall–Kier alpha value is -0.0900. The topological polar surface area (TPSA) is 60.2 Å². The van der Waals surface area contributed by atoms with Gasteiger partial charge in [0.05, 0.1) is 11.5 Å². The SMILES string of the molecule is CCCCCCCCS(=O)(=O)[CH]CCN. The average Bonchev–Trinajstić information content (AvgIpc) is 2.20. The van der Waals surface area contributed by atoms with Crippen LogP contribution in [-0.4, -0.2) is 20.7 Å². The largest absolute Gasteiger partial charge is 0.330 e. The van der Waals surface area contributed by atoms with E-state index < -0.39 is 9.84 Å². The predicted octanol–water partition coefficient (Wildman–Crippen LogP) is 2.27. The van der Waals surface area contributed by atoms with Crippen LogP contribution in [0.5, 0.6) is 0 Å². The van der Waals surface area contributed by atoms with Crippen molar-refractivity contribution in [2.45, 2.75) is 51.9 Å². The van der Waals surface area contributed by atoms with Gasteiger partial charge < -0.3 is 5.73 Å². The van der Waals surface area contributed by atoms with Crippen molar-refractivity contribution in [2.24, 2.45) is 5.73 Å². The molecule has 0 spiro atoms. The summed E-state index contributed by atoms with van der Waals surface area (Å²) in [4.78, 5) is 0. The minimum Gasteiger partial charge on any atom is -0.330 e. The fraction of sp³-hybridized carbons (Fsp3) is 0.909. The van der Waals surface area contributed by atoms with Gasteiger partial charge in [0.15, 0.2) is 9.84 Å². The maximum Gasteiger partial charge on any atom is 0.154 e. The minimum absolute atomic E-state index is 0.291. The van der Waals surface area contributed by atoms with Crippen LogP contribution < -0.4 is 5.73 Å². The first-order valence-electron chi connectivity index (χ1n) is 5.88. The van der Waals surface area contributed by atoms with Gasteiger partial charge in [0, 0.05) is 0 Å². The molecule has 0 saturated carbocycles. The monoisotopic (exact) mass is 234 g/mol. The number of hydrogen-bond donors (Lipinski definition) is 1. The highest BCUT2D eigenvalue weighted by molar-refractivity contribution is 7.93. The zero-order valence-electron chi connectivity index (χ0n) is 9.74. The van der Waals surface area contributed by atoms with Crippen LogP contribution in [0.25, 0.3) is 0 Å². The van der Waals surface area contributed by atoms with Gasteiger partial charge in [-0.25, -0.2) is 8.42 Å². The fourth-order valence-electron chi connectivity index (χ4n) is 1.41. The number of unbranched alkanes of at least 4 members (excludes halogenated alkanes) is 5. The van der Waals surface area contributed by atoms with Gasteiger partial charge in [0.2, 0.25) is 0 Å². The number of hydrogen-bond acceptors (Lipinski definition) is 3. The molecule has 0 fully saturated rings. The van der Waals surface area contributed by atoms with Crippen molar-refractivity contribution in [3.05, 3.63) is 5.75 Å². The highest BCUT2D eigenvalue weighted by atomic mass is 32.2. The van der Waals surface area contributed by atoms with Crippen molar-refractivity contribution in [1.82, 2.24) is 0 Å². The molecule has 0 aromatic heterocycles. The normalized spacial score (nSPS) is 11.9. The lowest BCUT2D eigenvalue weighted by atomic mass is 10.1. The van der Waals surface area contributed by atoms with E-state index in [1.54, 1.807) is 0 Å². The number of sulfone groups is 1. The minimum atomic E-state index is -2.94.